The van der Waals surface area contributed by atoms with Crippen molar-refractivity contribution in [1.82, 2.24) is 0 Å². The van der Waals surface area contributed by atoms with Gasteiger partial charge in [0.2, 0.25) is 10.0 Å². The van der Waals surface area contributed by atoms with Crippen molar-refractivity contribution in [2.24, 2.45) is 5.14 Å². The first-order chi connectivity index (χ1) is 8.50. The highest BCUT2D eigenvalue weighted by atomic mass is 32.2. The van der Waals surface area contributed by atoms with Crippen LogP contribution in [0.4, 0.5) is 18.9 Å². The molecule has 11 heteroatoms. The second-order valence-electron chi connectivity index (χ2n) is 3.45. The molecule has 0 unspecified atom stereocenters. The van der Waals surface area contributed by atoms with Crippen molar-refractivity contribution in [3.63, 3.8) is 0 Å². The van der Waals surface area contributed by atoms with Crippen LogP contribution in [0.3, 0.4) is 0 Å². The number of benzene rings is 1. The first-order valence-electron chi connectivity index (χ1n) is 4.62. The quantitative estimate of drug-likeness (QED) is 0.656. The van der Waals surface area contributed by atoms with E-state index in [9.17, 15) is 31.7 Å². The third-order valence-corrected chi connectivity index (χ3v) is 2.88. The van der Waals surface area contributed by atoms with Crippen LogP contribution in [0.5, 0.6) is 0 Å². The fourth-order valence-corrected chi connectivity index (χ4v) is 1.79. The summed E-state index contributed by atoms with van der Waals surface area (Å²) in [5, 5.41) is 13.9. The zero-order valence-corrected chi connectivity index (χ0v) is 9.98. The van der Waals surface area contributed by atoms with Gasteiger partial charge in [0.05, 0.1) is 4.90 Å². The van der Waals surface area contributed by atoms with E-state index >= 15 is 0 Å². The van der Waals surface area contributed by atoms with E-state index in [0.717, 1.165) is 18.2 Å². The Kier molecular flexibility index (Phi) is 4.00. The summed E-state index contributed by atoms with van der Waals surface area (Å²) in [6, 6.07) is 3.75. The number of nitrogens with two attached hydrogens (primary N) is 1. The van der Waals surface area contributed by atoms with Crippen molar-refractivity contribution in [2.45, 2.75) is 11.1 Å². The van der Waals surface area contributed by atoms with Crippen molar-refractivity contribution in [3.8, 4) is 0 Å². The highest BCUT2D eigenvalue weighted by Crippen LogP contribution is 2.23. The van der Waals surface area contributed by atoms with Crippen molar-refractivity contribution in [2.75, 3.05) is 11.6 Å². The largest absolute Gasteiger partial charge is 0.412 e. The van der Waals surface area contributed by atoms with Crippen LogP contribution in [-0.4, -0.2) is 26.2 Å². The fourth-order valence-electron chi connectivity index (χ4n) is 1.23. The first kappa shape index (κ1) is 15.2. The maximum atomic E-state index is 12.2. The summed E-state index contributed by atoms with van der Waals surface area (Å²) >= 11 is 0. The van der Waals surface area contributed by atoms with Gasteiger partial charge in [-0.25, -0.2) is 23.7 Å². The van der Waals surface area contributed by atoms with Crippen molar-refractivity contribution < 1.29 is 26.6 Å². The Bertz CT molecular complexity index is 587. The molecule has 0 spiro atoms. The van der Waals surface area contributed by atoms with Gasteiger partial charge in [0, 0.05) is 0 Å². The van der Waals surface area contributed by atoms with E-state index in [0.29, 0.717) is 6.07 Å². The van der Waals surface area contributed by atoms with E-state index in [4.69, 9.17) is 5.14 Å². The Hall–Kier alpha value is -1.88. The van der Waals surface area contributed by atoms with E-state index in [2.05, 4.69) is 0 Å². The number of nitrogens with zero attached hydrogens (tertiary/aromatic N) is 2. The third-order valence-electron chi connectivity index (χ3n) is 1.97. The van der Waals surface area contributed by atoms with Crippen LogP contribution in [-0.2, 0) is 10.0 Å². The molecule has 0 radical (unpaired) electrons. The summed E-state index contributed by atoms with van der Waals surface area (Å²) in [7, 11) is -4.16. The maximum absolute atomic E-state index is 12.2. The second-order valence-corrected chi connectivity index (χ2v) is 5.01. The molecule has 106 valence electrons. The monoisotopic (exact) mass is 299 g/mol. The van der Waals surface area contributed by atoms with Crippen LogP contribution < -0.4 is 10.1 Å². The maximum Gasteiger partial charge on any atom is 0.412 e. The van der Waals surface area contributed by atoms with Crippen LogP contribution in [0.15, 0.2) is 29.2 Å². The average Bonchev–Trinajstić information content (AvgIpc) is 2.23. The number of anilines is 1. The zero-order valence-electron chi connectivity index (χ0n) is 9.16. The minimum Gasteiger partial charge on any atom is -0.234 e. The molecular weight excluding hydrogens is 291 g/mol. The molecule has 0 aliphatic heterocycles. The predicted octanol–water partition coefficient (Wildman–Crippen LogP) is 0.894. The molecule has 0 aliphatic rings. The van der Waals surface area contributed by atoms with Gasteiger partial charge in [0.15, 0.2) is 11.6 Å². The number of alkyl halides is 3. The van der Waals surface area contributed by atoms with E-state index in [1.807, 2.05) is 0 Å². The van der Waals surface area contributed by atoms with Gasteiger partial charge in [-0.2, -0.15) is 13.2 Å². The van der Waals surface area contributed by atoms with Crippen LogP contribution in [0.1, 0.15) is 0 Å². The molecule has 0 bridgehead atoms. The summed E-state index contributed by atoms with van der Waals surface area (Å²) in [6.07, 6.45) is -4.81. The van der Waals surface area contributed by atoms with Crippen LogP contribution in [0.2, 0.25) is 0 Å². The Balaban J connectivity index is 3.21. The van der Waals surface area contributed by atoms with E-state index in [-0.39, 0.29) is 5.01 Å². The molecule has 1 rings (SSSR count). The molecule has 19 heavy (non-hydrogen) atoms. The summed E-state index contributed by atoms with van der Waals surface area (Å²) in [4.78, 5) is 10.1. The minimum absolute atomic E-state index is 0.214. The molecule has 7 nitrogen and oxygen atoms in total. The lowest BCUT2D eigenvalue weighted by Crippen LogP contribution is -2.38. The summed E-state index contributed by atoms with van der Waals surface area (Å²) in [5.41, 5.74) is -0.533. The Morgan fingerprint density at radius 2 is 1.95 bits per heavy atom. The number of hydrogen-bond donors (Lipinski definition) is 1. The second kappa shape index (κ2) is 5.01. The van der Waals surface area contributed by atoms with Crippen molar-refractivity contribution in [3.05, 3.63) is 34.4 Å². The smallest absolute Gasteiger partial charge is 0.234 e. The molecule has 0 heterocycles. The van der Waals surface area contributed by atoms with Gasteiger partial charge in [0.1, 0.15) is 5.69 Å². The molecule has 1 aromatic carbocycles. The fraction of sp³-hybridized carbons (Fsp3) is 0.250. The van der Waals surface area contributed by atoms with E-state index in [1.165, 1.54) is 0 Å². The lowest BCUT2D eigenvalue weighted by atomic mass is 10.3. The number of sulfonamides is 1. The van der Waals surface area contributed by atoms with Gasteiger partial charge in [-0.1, -0.05) is 11.1 Å². The summed E-state index contributed by atoms with van der Waals surface area (Å²) in [5.74, 6) is 0. The van der Waals surface area contributed by atoms with Crippen molar-refractivity contribution >= 4 is 15.7 Å². The molecule has 0 aliphatic carbocycles. The Morgan fingerprint density at radius 3 is 2.37 bits per heavy atom. The highest BCUT2D eigenvalue weighted by molar-refractivity contribution is 7.89. The van der Waals surface area contributed by atoms with Gasteiger partial charge >= 0.3 is 6.18 Å². The summed E-state index contributed by atoms with van der Waals surface area (Å²) < 4.78 is 58.7. The average molecular weight is 299 g/mol. The van der Waals surface area contributed by atoms with Crippen molar-refractivity contribution in [1.29, 1.82) is 0 Å². The van der Waals surface area contributed by atoms with Crippen LogP contribution in [0, 0.1) is 10.1 Å². The lowest BCUT2D eigenvalue weighted by Gasteiger charge is -2.16. The van der Waals surface area contributed by atoms with E-state index < -0.39 is 38.4 Å². The summed E-state index contributed by atoms with van der Waals surface area (Å²) in [6.45, 7) is -1.85. The predicted molar refractivity (Wildman–Crippen MR) is 58.2 cm³/mol. The molecule has 2 N–H and O–H groups in total. The molecule has 0 saturated heterocycles. The van der Waals surface area contributed by atoms with Crippen LogP contribution >= 0.6 is 0 Å². The highest BCUT2D eigenvalue weighted by Gasteiger charge is 2.36. The number of hydrogen-bond acceptors (Lipinski definition) is 4. The van der Waals surface area contributed by atoms with Gasteiger partial charge in [-0.05, 0) is 18.2 Å². The lowest BCUT2D eigenvalue weighted by molar-refractivity contribution is -0.499. The standard InChI is InChI=1S/C8H8F3N3O4S/c9-8(10,11)5-13(14(15)16)6-2-1-3-7(4-6)19(12,17)18/h1-4H,5H2,(H2,12,17,18). The van der Waals surface area contributed by atoms with Gasteiger partial charge < -0.3 is 0 Å². The molecule has 0 atom stereocenters. The number of nitro groups is 1. The molecule has 1 aromatic rings. The number of halogens is 3. The van der Waals surface area contributed by atoms with Gasteiger partial charge in [-0.15, -0.1) is 0 Å². The van der Waals surface area contributed by atoms with E-state index in [1.54, 1.807) is 0 Å². The SMILES string of the molecule is NS(=O)(=O)c1cccc(N(CC(F)(F)F)[N+](=O)[O-])c1. The topological polar surface area (TPSA) is 107 Å². The first-order valence-corrected chi connectivity index (χ1v) is 6.17. The Labute approximate surface area is 105 Å². The number of hydrazine groups is 1. The zero-order chi connectivity index (χ0) is 14.8. The minimum atomic E-state index is -4.81. The molecule has 0 aromatic heterocycles. The molecule has 0 saturated carbocycles. The Morgan fingerprint density at radius 1 is 1.37 bits per heavy atom. The van der Waals surface area contributed by atoms with Gasteiger partial charge in [0.25, 0.3) is 0 Å². The normalized spacial score (nSPS) is 12.2. The molecule has 0 fully saturated rings. The third kappa shape index (κ3) is 4.37. The van der Waals surface area contributed by atoms with Gasteiger partial charge in [-0.3, -0.25) is 0 Å². The molecular formula is C8H8F3N3O4S. The number of rotatable bonds is 4. The molecule has 0 amide bonds. The number of primary sulfonamides is 1. The van der Waals surface area contributed by atoms with Crippen LogP contribution in [0.25, 0.3) is 0 Å².